The third-order valence-electron chi connectivity index (χ3n) is 3.76. The van der Waals surface area contributed by atoms with Crippen molar-refractivity contribution in [2.24, 2.45) is 0 Å². The van der Waals surface area contributed by atoms with Crippen LogP contribution in [0.1, 0.15) is 35.6 Å². The highest BCUT2D eigenvalue weighted by molar-refractivity contribution is 5.94. The van der Waals surface area contributed by atoms with Crippen LogP contribution in [0.4, 0.5) is 5.69 Å². The van der Waals surface area contributed by atoms with Crippen LogP contribution in [-0.4, -0.2) is 38.4 Å². The topological polar surface area (TPSA) is 83.9 Å². The maximum atomic E-state index is 11.3. The van der Waals surface area contributed by atoms with Gasteiger partial charge >= 0.3 is 5.97 Å². The van der Waals surface area contributed by atoms with Crippen LogP contribution in [0.25, 0.3) is 5.52 Å². The van der Waals surface area contributed by atoms with E-state index < -0.39 is 5.97 Å². The quantitative estimate of drug-likeness (QED) is 0.888. The van der Waals surface area contributed by atoms with Crippen LogP contribution < -0.4 is 5.73 Å². The Hall–Kier alpha value is -2.08. The van der Waals surface area contributed by atoms with Crippen LogP contribution in [0.3, 0.4) is 0 Å². The van der Waals surface area contributed by atoms with Gasteiger partial charge in [-0.05, 0) is 38.1 Å². The number of rotatable bonds is 3. The van der Waals surface area contributed by atoms with Gasteiger partial charge in [-0.25, -0.2) is 9.78 Å². The van der Waals surface area contributed by atoms with Gasteiger partial charge in [0.05, 0.1) is 12.1 Å². The van der Waals surface area contributed by atoms with Gasteiger partial charge < -0.3 is 15.2 Å². The van der Waals surface area contributed by atoms with Crippen molar-refractivity contribution in [1.29, 1.82) is 0 Å². The maximum absolute atomic E-state index is 11.3. The van der Waals surface area contributed by atoms with E-state index in [0.29, 0.717) is 17.7 Å². The molecular formula is C14H18N4O2. The molecule has 3 rings (SSSR count). The van der Waals surface area contributed by atoms with Crippen molar-refractivity contribution in [3.8, 4) is 0 Å². The molecule has 0 aliphatic carbocycles. The van der Waals surface area contributed by atoms with Crippen molar-refractivity contribution in [3.63, 3.8) is 0 Å². The highest BCUT2D eigenvalue weighted by Crippen LogP contribution is 2.19. The molecule has 1 saturated heterocycles. The largest absolute Gasteiger partial charge is 0.476 e. The second kappa shape index (κ2) is 5.13. The molecule has 0 unspecified atom stereocenters. The van der Waals surface area contributed by atoms with Crippen molar-refractivity contribution in [2.45, 2.75) is 25.8 Å². The number of hydrogen-bond acceptors (Lipinski definition) is 4. The molecule has 6 heteroatoms. The zero-order valence-corrected chi connectivity index (χ0v) is 11.2. The van der Waals surface area contributed by atoms with E-state index in [1.165, 1.54) is 19.3 Å². The normalized spacial score (nSPS) is 16.6. The molecule has 0 bridgehead atoms. The summed E-state index contributed by atoms with van der Waals surface area (Å²) in [4.78, 5) is 17.9. The van der Waals surface area contributed by atoms with E-state index in [-0.39, 0.29) is 5.69 Å². The average molecular weight is 274 g/mol. The van der Waals surface area contributed by atoms with E-state index in [1.807, 2.05) is 4.40 Å². The average Bonchev–Trinajstić information content (AvgIpc) is 2.78. The van der Waals surface area contributed by atoms with Crippen LogP contribution in [0.5, 0.6) is 0 Å². The molecule has 0 radical (unpaired) electrons. The summed E-state index contributed by atoms with van der Waals surface area (Å²) in [5.74, 6) is -0.253. The van der Waals surface area contributed by atoms with E-state index in [0.717, 1.165) is 18.9 Å². The Kier molecular flexibility index (Phi) is 3.31. The zero-order chi connectivity index (χ0) is 14.1. The lowest BCUT2D eigenvalue weighted by Crippen LogP contribution is -2.29. The van der Waals surface area contributed by atoms with Crippen molar-refractivity contribution in [2.75, 3.05) is 18.8 Å². The fraction of sp³-hybridized carbons (Fsp3) is 0.429. The summed E-state index contributed by atoms with van der Waals surface area (Å²) in [6.45, 7) is 2.77. The minimum atomic E-state index is -1.02. The van der Waals surface area contributed by atoms with Gasteiger partial charge in [0.15, 0.2) is 5.69 Å². The van der Waals surface area contributed by atoms with Gasteiger partial charge in [0, 0.05) is 11.9 Å². The van der Waals surface area contributed by atoms with Gasteiger partial charge in [-0.1, -0.05) is 6.42 Å². The molecule has 0 spiro atoms. The van der Waals surface area contributed by atoms with Gasteiger partial charge in [-0.2, -0.15) is 0 Å². The number of imidazole rings is 1. The van der Waals surface area contributed by atoms with Crippen LogP contribution in [0.15, 0.2) is 18.3 Å². The molecular weight excluding hydrogens is 256 g/mol. The molecule has 6 nitrogen and oxygen atoms in total. The standard InChI is InChI=1S/C14H18N4O2/c15-10-4-7-18-11(8-10)13(14(19)20)16-12(18)9-17-5-2-1-3-6-17/h4,7-8H,1-3,5-6,9,15H2,(H,19,20). The van der Waals surface area contributed by atoms with Gasteiger partial charge in [-0.15, -0.1) is 0 Å². The fourth-order valence-corrected chi connectivity index (χ4v) is 2.75. The number of nitrogens with zero attached hydrogens (tertiary/aromatic N) is 3. The van der Waals surface area contributed by atoms with E-state index in [4.69, 9.17) is 5.73 Å². The molecule has 2 aromatic heterocycles. The predicted octanol–water partition coefficient (Wildman–Crippen LogP) is 1.60. The Bertz CT molecular complexity index is 644. The number of pyridine rings is 1. The molecule has 0 amide bonds. The summed E-state index contributed by atoms with van der Waals surface area (Å²) >= 11 is 0. The van der Waals surface area contributed by atoms with E-state index >= 15 is 0 Å². The molecule has 0 aromatic carbocycles. The Labute approximate surface area is 116 Å². The number of carboxylic acid groups (broad SMARTS) is 1. The first-order valence-corrected chi connectivity index (χ1v) is 6.87. The third kappa shape index (κ3) is 2.34. The molecule has 1 fully saturated rings. The Morgan fingerprint density at radius 3 is 2.80 bits per heavy atom. The van der Waals surface area contributed by atoms with Crippen molar-refractivity contribution >= 4 is 17.2 Å². The smallest absolute Gasteiger partial charge is 0.356 e. The van der Waals surface area contributed by atoms with Crippen LogP contribution >= 0.6 is 0 Å². The first-order chi connectivity index (χ1) is 9.65. The predicted molar refractivity (Wildman–Crippen MR) is 75.7 cm³/mol. The number of carbonyl (C=O) groups is 1. The number of piperidine rings is 1. The maximum Gasteiger partial charge on any atom is 0.356 e. The summed E-state index contributed by atoms with van der Waals surface area (Å²) < 4.78 is 1.83. The lowest BCUT2D eigenvalue weighted by atomic mass is 10.1. The number of fused-ring (bicyclic) bond motifs is 1. The van der Waals surface area contributed by atoms with E-state index in [9.17, 15) is 9.90 Å². The number of likely N-dealkylation sites (tertiary alicyclic amines) is 1. The number of nitrogens with two attached hydrogens (primary N) is 1. The van der Waals surface area contributed by atoms with Crippen molar-refractivity contribution in [1.82, 2.24) is 14.3 Å². The molecule has 3 N–H and O–H groups in total. The SMILES string of the molecule is Nc1ccn2c(CN3CCCCC3)nc(C(=O)O)c2c1. The second-order valence-corrected chi connectivity index (χ2v) is 5.23. The Morgan fingerprint density at radius 1 is 1.35 bits per heavy atom. The fourth-order valence-electron chi connectivity index (χ4n) is 2.75. The Balaban J connectivity index is 1.99. The van der Waals surface area contributed by atoms with Gasteiger partial charge in [0.2, 0.25) is 0 Å². The molecule has 0 atom stereocenters. The second-order valence-electron chi connectivity index (χ2n) is 5.23. The van der Waals surface area contributed by atoms with Crippen LogP contribution in [0, 0.1) is 0 Å². The number of aromatic nitrogens is 2. The number of aromatic carboxylic acids is 1. The summed E-state index contributed by atoms with van der Waals surface area (Å²) in [7, 11) is 0. The lowest BCUT2D eigenvalue weighted by molar-refractivity contribution is 0.0693. The number of carboxylic acids is 1. The summed E-state index contributed by atoms with van der Waals surface area (Å²) in [5, 5.41) is 9.26. The van der Waals surface area contributed by atoms with Crippen LogP contribution in [-0.2, 0) is 6.54 Å². The van der Waals surface area contributed by atoms with Crippen molar-refractivity contribution in [3.05, 3.63) is 29.8 Å². The van der Waals surface area contributed by atoms with Gasteiger partial charge in [0.1, 0.15) is 5.82 Å². The molecule has 2 aromatic rings. The minimum Gasteiger partial charge on any atom is -0.476 e. The molecule has 1 aliphatic rings. The Morgan fingerprint density at radius 2 is 2.10 bits per heavy atom. The van der Waals surface area contributed by atoms with Gasteiger partial charge in [0.25, 0.3) is 0 Å². The van der Waals surface area contributed by atoms with Crippen molar-refractivity contribution < 1.29 is 9.90 Å². The summed E-state index contributed by atoms with van der Waals surface area (Å²) in [5.41, 5.74) is 6.92. The number of hydrogen-bond donors (Lipinski definition) is 2. The van der Waals surface area contributed by atoms with Gasteiger partial charge in [-0.3, -0.25) is 4.90 Å². The molecule has 0 saturated carbocycles. The monoisotopic (exact) mass is 274 g/mol. The first kappa shape index (κ1) is 12.9. The molecule has 1 aliphatic heterocycles. The minimum absolute atomic E-state index is 0.0734. The molecule has 106 valence electrons. The molecule has 3 heterocycles. The zero-order valence-electron chi connectivity index (χ0n) is 11.2. The summed E-state index contributed by atoms with van der Waals surface area (Å²) in [6, 6.07) is 3.43. The first-order valence-electron chi connectivity index (χ1n) is 6.87. The van der Waals surface area contributed by atoms with E-state index in [1.54, 1.807) is 18.3 Å². The van der Waals surface area contributed by atoms with Crippen LogP contribution in [0.2, 0.25) is 0 Å². The van der Waals surface area contributed by atoms with E-state index in [2.05, 4.69) is 9.88 Å². The third-order valence-corrected chi connectivity index (χ3v) is 3.76. The highest BCUT2D eigenvalue weighted by Gasteiger charge is 2.19. The summed E-state index contributed by atoms with van der Waals surface area (Å²) in [6.07, 6.45) is 5.46. The highest BCUT2D eigenvalue weighted by atomic mass is 16.4. The molecule has 20 heavy (non-hydrogen) atoms. The number of nitrogen functional groups attached to an aromatic ring is 1. The lowest BCUT2D eigenvalue weighted by Gasteiger charge is -2.25. The number of anilines is 1.